The van der Waals surface area contributed by atoms with Crippen LogP contribution in [0.4, 0.5) is 0 Å². The highest BCUT2D eigenvalue weighted by molar-refractivity contribution is 7.86. The van der Waals surface area contributed by atoms with E-state index in [1.807, 2.05) is 6.92 Å². The molecule has 6 nitrogen and oxygen atoms in total. The Bertz CT molecular complexity index is 733. The van der Waals surface area contributed by atoms with Crippen LogP contribution in [0.5, 0.6) is 0 Å². The molecule has 0 bridgehead atoms. The summed E-state index contributed by atoms with van der Waals surface area (Å²) in [7, 11) is -3.84. The van der Waals surface area contributed by atoms with Crippen molar-refractivity contribution in [1.29, 1.82) is 0 Å². The molecule has 0 saturated heterocycles. The lowest BCUT2D eigenvalue weighted by molar-refractivity contribution is -0.153. The molecule has 2 aliphatic carbocycles. The molecule has 1 aromatic rings. The van der Waals surface area contributed by atoms with Crippen LogP contribution in [0.15, 0.2) is 29.2 Å². The lowest BCUT2D eigenvalue weighted by Crippen LogP contribution is -2.37. The van der Waals surface area contributed by atoms with Gasteiger partial charge in [-0.1, -0.05) is 43.9 Å². The summed E-state index contributed by atoms with van der Waals surface area (Å²) in [5.74, 6) is 0.145. The summed E-state index contributed by atoms with van der Waals surface area (Å²) in [6.07, 6.45) is 6.69. The van der Waals surface area contributed by atoms with Crippen molar-refractivity contribution in [2.24, 2.45) is 5.92 Å². The number of carbonyl (C=O) groups is 1. The van der Waals surface area contributed by atoms with E-state index < -0.39 is 28.3 Å². The molecule has 0 radical (unpaired) electrons. The van der Waals surface area contributed by atoms with E-state index in [1.54, 1.807) is 12.1 Å². The zero-order valence-electron chi connectivity index (χ0n) is 17.7. The average Bonchev–Trinajstić information content (AvgIpc) is 2.66. The number of carbonyl (C=O) groups excluding carboxylic acids is 1. The van der Waals surface area contributed by atoms with Crippen LogP contribution in [0, 0.1) is 12.8 Å². The van der Waals surface area contributed by atoms with E-state index in [-0.39, 0.29) is 11.0 Å². The van der Waals surface area contributed by atoms with Gasteiger partial charge in [-0.2, -0.15) is 8.42 Å². The lowest BCUT2D eigenvalue weighted by atomic mass is 9.88. The fourth-order valence-corrected chi connectivity index (χ4v) is 4.87. The summed E-state index contributed by atoms with van der Waals surface area (Å²) in [6.45, 7) is 5.33. The summed E-state index contributed by atoms with van der Waals surface area (Å²) in [4.78, 5) is 11.2. The fourth-order valence-electron chi connectivity index (χ4n) is 3.74. The third-order valence-corrected chi connectivity index (χ3v) is 6.94. The quantitative estimate of drug-likeness (QED) is 0.575. The minimum Gasteiger partial charge on any atom is -0.460 e. The van der Waals surface area contributed by atoms with E-state index in [2.05, 4.69) is 6.92 Å². The summed E-state index contributed by atoms with van der Waals surface area (Å²) >= 11 is 0. The molecule has 4 atom stereocenters. The van der Waals surface area contributed by atoms with E-state index >= 15 is 0 Å². The van der Waals surface area contributed by atoms with Gasteiger partial charge in [0.1, 0.15) is 12.2 Å². The summed E-state index contributed by atoms with van der Waals surface area (Å²) in [6, 6.07) is 6.49. The SMILES string of the molecule is CC(=O)O[C@@H]1CCCC[C@@H]1OS(=O)(=O)c1ccc(C)cc1.C[C@@H]1CCCC[C@@H]1O. The van der Waals surface area contributed by atoms with Crippen molar-refractivity contribution in [2.75, 3.05) is 0 Å². The fraction of sp³-hybridized carbons (Fsp3) is 0.682. The second-order valence-electron chi connectivity index (χ2n) is 8.16. The van der Waals surface area contributed by atoms with Crippen molar-refractivity contribution < 1.29 is 27.2 Å². The number of hydrogen-bond donors (Lipinski definition) is 1. The van der Waals surface area contributed by atoms with Gasteiger partial charge >= 0.3 is 5.97 Å². The molecule has 0 amide bonds. The highest BCUT2D eigenvalue weighted by atomic mass is 32.2. The van der Waals surface area contributed by atoms with Crippen molar-refractivity contribution in [1.82, 2.24) is 0 Å². The Kier molecular flexibility index (Phi) is 9.11. The van der Waals surface area contributed by atoms with Gasteiger partial charge in [0.25, 0.3) is 10.1 Å². The molecular weight excluding hydrogens is 392 g/mol. The number of aryl methyl sites for hydroxylation is 1. The number of esters is 1. The second-order valence-corrected chi connectivity index (χ2v) is 9.74. The van der Waals surface area contributed by atoms with Gasteiger partial charge in [-0.15, -0.1) is 0 Å². The monoisotopic (exact) mass is 426 g/mol. The number of rotatable bonds is 4. The Morgan fingerprint density at radius 3 is 2.03 bits per heavy atom. The average molecular weight is 427 g/mol. The molecule has 0 heterocycles. The zero-order chi connectivity index (χ0) is 21.4. The first kappa shape index (κ1) is 23.8. The van der Waals surface area contributed by atoms with Crippen molar-refractivity contribution in [2.45, 2.75) is 95.3 Å². The van der Waals surface area contributed by atoms with Crippen LogP contribution in [0.25, 0.3) is 0 Å². The van der Waals surface area contributed by atoms with E-state index in [0.29, 0.717) is 18.8 Å². The van der Waals surface area contributed by atoms with Crippen LogP contribution in [0.2, 0.25) is 0 Å². The molecule has 29 heavy (non-hydrogen) atoms. The predicted molar refractivity (Wildman–Crippen MR) is 111 cm³/mol. The molecule has 7 heteroatoms. The molecule has 2 aliphatic rings. The molecular formula is C22H34O6S. The largest absolute Gasteiger partial charge is 0.460 e. The van der Waals surface area contributed by atoms with Gasteiger partial charge in [0, 0.05) is 6.92 Å². The number of ether oxygens (including phenoxy) is 1. The zero-order valence-corrected chi connectivity index (χ0v) is 18.5. The minimum absolute atomic E-state index is 0.00347. The van der Waals surface area contributed by atoms with Gasteiger partial charge in [0.2, 0.25) is 0 Å². The molecule has 164 valence electrons. The number of aliphatic hydroxyl groups excluding tert-OH is 1. The van der Waals surface area contributed by atoms with Crippen molar-refractivity contribution in [3.8, 4) is 0 Å². The first-order valence-electron chi connectivity index (χ1n) is 10.5. The van der Waals surface area contributed by atoms with E-state index in [1.165, 1.54) is 38.3 Å². The van der Waals surface area contributed by atoms with Gasteiger partial charge in [-0.05, 0) is 57.1 Å². The molecule has 2 saturated carbocycles. The Morgan fingerprint density at radius 2 is 1.52 bits per heavy atom. The normalized spacial score (nSPS) is 27.4. The van der Waals surface area contributed by atoms with Crippen LogP contribution < -0.4 is 0 Å². The topological polar surface area (TPSA) is 89.9 Å². The van der Waals surface area contributed by atoms with Crippen LogP contribution >= 0.6 is 0 Å². The van der Waals surface area contributed by atoms with Gasteiger partial charge in [-0.3, -0.25) is 8.98 Å². The Labute approximate surface area is 174 Å². The maximum Gasteiger partial charge on any atom is 0.302 e. The third kappa shape index (κ3) is 7.72. The molecule has 0 spiro atoms. The smallest absolute Gasteiger partial charge is 0.302 e. The predicted octanol–water partition coefficient (Wildman–Crippen LogP) is 4.13. The highest BCUT2D eigenvalue weighted by Gasteiger charge is 2.33. The first-order chi connectivity index (χ1) is 13.7. The molecule has 1 aromatic carbocycles. The molecule has 3 rings (SSSR count). The van der Waals surface area contributed by atoms with Crippen LogP contribution in [-0.2, 0) is 23.8 Å². The molecule has 0 aromatic heterocycles. The van der Waals surface area contributed by atoms with E-state index in [9.17, 15) is 18.3 Å². The van der Waals surface area contributed by atoms with Crippen molar-refractivity contribution in [3.05, 3.63) is 29.8 Å². The summed E-state index contributed by atoms with van der Waals surface area (Å²) in [5, 5.41) is 9.18. The second kappa shape index (κ2) is 11.1. The van der Waals surface area contributed by atoms with E-state index in [0.717, 1.165) is 24.8 Å². The number of aliphatic hydroxyl groups is 1. The summed E-state index contributed by atoms with van der Waals surface area (Å²) < 4.78 is 35.1. The first-order valence-corrected chi connectivity index (χ1v) is 11.9. The molecule has 2 fully saturated rings. The highest BCUT2D eigenvalue weighted by Crippen LogP contribution is 2.27. The molecule has 0 aliphatic heterocycles. The van der Waals surface area contributed by atoms with Crippen LogP contribution in [-0.4, -0.2) is 37.8 Å². The summed E-state index contributed by atoms with van der Waals surface area (Å²) in [5.41, 5.74) is 0.976. The lowest BCUT2D eigenvalue weighted by Gasteiger charge is -2.30. The Balaban J connectivity index is 0.000000313. The van der Waals surface area contributed by atoms with Gasteiger partial charge in [0.15, 0.2) is 0 Å². The van der Waals surface area contributed by atoms with Crippen LogP contribution in [0.1, 0.15) is 70.8 Å². The minimum atomic E-state index is -3.84. The van der Waals surface area contributed by atoms with E-state index in [4.69, 9.17) is 8.92 Å². The molecule has 1 N–H and O–H groups in total. The van der Waals surface area contributed by atoms with Crippen molar-refractivity contribution >= 4 is 16.1 Å². The number of hydrogen-bond acceptors (Lipinski definition) is 6. The Morgan fingerprint density at radius 1 is 0.966 bits per heavy atom. The maximum atomic E-state index is 12.3. The van der Waals surface area contributed by atoms with Gasteiger partial charge in [0.05, 0.1) is 11.0 Å². The Hall–Kier alpha value is -1.44. The number of benzene rings is 1. The van der Waals surface area contributed by atoms with Crippen molar-refractivity contribution in [3.63, 3.8) is 0 Å². The standard InChI is InChI=1S/C15H20O5S.C7H14O/c1-11-7-9-13(10-8-11)21(17,18)20-15-6-4-3-5-14(15)19-12(2)16;1-6-4-2-3-5-7(6)8/h7-10,14-15H,3-6H2,1-2H3;6-8H,2-5H2,1H3/t14-,15+;6-,7+/m11/s1. The van der Waals surface area contributed by atoms with Gasteiger partial charge in [-0.25, -0.2) is 0 Å². The molecule has 0 unspecified atom stereocenters. The van der Waals surface area contributed by atoms with Crippen LogP contribution in [0.3, 0.4) is 0 Å². The third-order valence-electron chi connectivity index (χ3n) is 5.59. The maximum absolute atomic E-state index is 12.3. The van der Waals surface area contributed by atoms with Gasteiger partial charge < -0.3 is 9.84 Å².